The van der Waals surface area contributed by atoms with Crippen LogP contribution in [-0.4, -0.2) is 12.6 Å². The van der Waals surface area contributed by atoms with Crippen LogP contribution in [0.5, 0.6) is 0 Å². The fourth-order valence-electron chi connectivity index (χ4n) is 2.27. The molecule has 1 aliphatic rings. The number of nitriles is 1. The van der Waals surface area contributed by atoms with Crippen molar-refractivity contribution >= 4 is 5.69 Å². The average Bonchev–Trinajstić information content (AvgIpc) is 2.28. The van der Waals surface area contributed by atoms with E-state index in [0.717, 1.165) is 6.54 Å². The number of nitrogens with zero attached hydrogens (tertiary/aromatic N) is 2. The van der Waals surface area contributed by atoms with Gasteiger partial charge in [0.2, 0.25) is 0 Å². The second-order valence-corrected chi connectivity index (χ2v) is 4.12. The maximum Gasteiger partial charge on any atom is 0.0640 e. The first-order chi connectivity index (χ1) is 7.33. The van der Waals surface area contributed by atoms with E-state index < -0.39 is 0 Å². The van der Waals surface area contributed by atoms with E-state index >= 15 is 0 Å². The summed E-state index contributed by atoms with van der Waals surface area (Å²) in [6.45, 7) is 3.10. The van der Waals surface area contributed by atoms with Gasteiger partial charge in [-0.2, -0.15) is 5.26 Å². The highest BCUT2D eigenvalue weighted by Crippen LogP contribution is 2.30. The highest BCUT2D eigenvalue weighted by atomic mass is 15.2. The molecule has 78 valence electrons. The van der Waals surface area contributed by atoms with Crippen molar-refractivity contribution in [1.29, 1.82) is 5.26 Å². The van der Waals surface area contributed by atoms with Gasteiger partial charge in [-0.3, -0.25) is 0 Å². The number of rotatable bonds is 2. The van der Waals surface area contributed by atoms with Crippen molar-refractivity contribution in [2.24, 2.45) is 0 Å². The lowest BCUT2D eigenvalue weighted by molar-refractivity contribution is 0.565. The molecule has 0 amide bonds. The van der Waals surface area contributed by atoms with E-state index in [0.29, 0.717) is 12.5 Å². The van der Waals surface area contributed by atoms with Crippen LogP contribution in [0.2, 0.25) is 0 Å². The molecule has 1 heterocycles. The van der Waals surface area contributed by atoms with Crippen LogP contribution < -0.4 is 4.90 Å². The topological polar surface area (TPSA) is 27.0 Å². The van der Waals surface area contributed by atoms with Gasteiger partial charge < -0.3 is 4.90 Å². The van der Waals surface area contributed by atoms with Crippen molar-refractivity contribution in [3.05, 3.63) is 29.8 Å². The van der Waals surface area contributed by atoms with Gasteiger partial charge in [0.05, 0.1) is 12.5 Å². The van der Waals surface area contributed by atoms with E-state index in [2.05, 4.69) is 42.2 Å². The minimum atomic E-state index is 0.563. The molecular weight excluding hydrogens is 184 g/mol. The smallest absolute Gasteiger partial charge is 0.0640 e. The Hall–Kier alpha value is -1.49. The normalized spacial score (nSPS) is 19.5. The molecule has 1 aromatic carbocycles. The molecule has 1 atom stereocenters. The second kappa shape index (κ2) is 4.35. The van der Waals surface area contributed by atoms with Crippen LogP contribution in [0.15, 0.2) is 24.3 Å². The van der Waals surface area contributed by atoms with Gasteiger partial charge in [0.25, 0.3) is 0 Å². The Morgan fingerprint density at radius 2 is 2.27 bits per heavy atom. The van der Waals surface area contributed by atoms with Gasteiger partial charge in [0.1, 0.15) is 0 Å². The molecule has 0 aliphatic carbocycles. The Labute approximate surface area is 91.1 Å². The lowest BCUT2D eigenvalue weighted by Gasteiger charge is -2.36. The van der Waals surface area contributed by atoms with Crippen LogP contribution in [0, 0.1) is 11.3 Å². The third kappa shape index (κ3) is 1.97. The summed E-state index contributed by atoms with van der Waals surface area (Å²) in [6.07, 6.45) is 2.97. The molecule has 1 aromatic rings. The van der Waals surface area contributed by atoms with Crippen molar-refractivity contribution in [1.82, 2.24) is 0 Å². The van der Waals surface area contributed by atoms with Crippen LogP contribution in [0.3, 0.4) is 0 Å². The number of aryl methyl sites for hydroxylation is 1. The van der Waals surface area contributed by atoms with E-state index in [1.54, 1.807) is 0 Å². The molecule has 0 bridgehead atoms. The predicted molar refractivity (Wildman–Crippen MR) is 61.8 cm³/mol. The fourth-order valence-corrected chi connectivity index (χ4v) is 2.27. The summed E-state index contributed by atoms with van der Waals surface area (Å²) in [5.74, 6) is 0. The Bertz CT molecular complexity index is 378. The van der Waals surface area contributed by atoms with Gasteiger partial charge in [-0.25, -0.2) is 0 Å². The van der Waals surface area contributed by atoms with Crippen LogP contribution in [-0.2, 0) is 6.42 Å². The molecular formula is C13H16N2. The summed E-state index contributed by atoms with van der Waals surface area (Å²) in [5, 5.41) is 8.65. The van der Waals surface area contributed by atoms with Gasteiger partial charge in [-0.05, 0) is 31.4 Å². The van der Waals surface area contributed by atoms with Gasteiger partial charge in [0.15, 0.2) is 0 Å². The molecule has 2 rings (SSSR count). The summed E-state index contributed by atoms with van der Waals surface area (Å²) >= 11 is 0. The Balaban J connectivity index is 2.25. The third-order valence-corrected chi connectivity index (χ3v) is 3.13. The zero-order valence-corrected chi connectivity index (χ0v) is 9.11. The monoisotopic (exact) mass is 200 g/mol. The minimum absolute atomic E-state index is 0.563. The van der Waals surface area contributed by atoms with Crippen molar-refractivity contribution < 1.29 is 0 Å². The van der Waals surface area contributed by atoms with Gasteiger partial charge >= 0.3 is 0 Å². The quantitative estimate of drug-likeness (QED) is 0.734. The number of anilines is 1. The number of fused-ring (bicyclic) bond motifs is 1. The fraction of sp³-hybridized carbons (Fsp3) is 0.462. The summed E-state index contributed by atoms with van der Waals surface area (Å²) in [5.41, 5.74) is 2.75. The van der Waals surface area contributed by atoms with Gasteiger partial charge in [0, 0.05) is 18.3 Å². The molecule has 0 spiro atoms. The van der Waals surface area contributed by atoms with Crippen LogP contribution >= 0.6 is 0 Å². The van der Waals surface area contributed by atoms with Crippen molar-refractivity contribution in [3.63, 3.8) is 0 Å². The van der Waals surface area contributed by atoms with Crippen molar-refractivity contribution in [2.75, 3.05) is 11.4 Å². The zero-order valence-electron chi connectivity index (χ0n) is 9.11. The van der Waals surface area contributed by atoms with Crippen molar-refractivity contribution in [2.45, 2.75) is 32.2 Å². The standard InChI is InChI=1S/C13H16N2/c1-11-7-8-12-5-2-3-6-13(12)15(11)10-4-9-14/h2-3,5-6,11H,4,7-8,10H2,1H3. The lowest BCUT2D eigenvalue weighted by atomic mass is 9.96. The van der Waals surface area contributed by atoms with Crippen LogP contribution in [0.1, 0.15) is 25.3 Å². The van der Waals surface area contributed by atoms with E-state index in [1.807, 2.05) is 0 Å². The maximum atomic E-state index is 8.65. The van der Waals surface area contributed by atoms with E-state index in [9.17, 15) is 0 Å². The van der Waals surface area contributed by atoms with E-state index in [1.165, 1.54) is 24.1 Å². The first-order valence-corrected chi connectivity index (χ1v) is 5.54. The number of hydrogen-bond acceptors (Lipinski definition) is 2. The number of para-hydroxylation sites is 1. The molecule has 0 saturated heterocycles. The molecule has 1 unspecified atom stereocenters. The summed E-state index contributed by atoms with van der Waals surface area (Å²) < 4.78 is 0. The minimum Gasteiger partial charge on any atom is -0.368 e. The Kier molecular flexibility index (Phi) is 2.91. The molecule has 0 saturated carbocycles. The van der Waals surface area contributed by atoms with Crippen LogP contribution in [0.25, 0.3) is 0 Å². The molecule has 1 aliphatic heterocycles. The highest BCUT2D eigenvalue weighted by molar-refractivity contribution is 5.56. The number of benzene rings is 1. The Morgan fingerprint density at radius 1 is 1.47 bits per heavy atom. The SMILES string of the molecule is CC1CCc2ccccc2N1CCC#N. The first-order valence-electron chi connectivity index (χ1n) is 5.54. The molecule has 0 aromatic heterocycles. The molecule has 15 heavy (non-hydrogen) atoms. The van der Waals surface area contributed by atoms with E-state index in [-0.39, 0.29) is 0 Å². The summed E-state index contributed by atoms with van der Waals surface area (Å²) in [7, 11) is 0. The first kappa shape index (κ1) is 10.0. The Morgan fingerprint density at radius 3 is 3.07 bits per heavy atom. The average molecular weight is 200 g/mol. The molecule has 2 heteroatoms. The summed E-state index contributed by atoms with van der Waals surface area (Å²) in [6, 6.07) is 11.3. The van der Waals surface area contributed by atoms with Crippen molar-refractivity contribution in [3.8, 4) is 6.07 Å². The molecule has 0 radical (unpaired) electrons. The molecule has 0 N–H and O–H groups in total. The summed E-state index contributed by atoms with van der Waals surface area (Å²) in [4.78, 5) is 2.36. The molecule has 2 nitrogen and oxygen atoms in total. The third-order valence-electron chi connectivity index (χ3n) is 3.13. The maximum absolute atomic E-state index is 8.65. The predicted octanol–water partition coefficient (Wildman–Crippen LogP) is 2.74. The van der Waals surface area contributed by atoms with E-state index in [4.69, 9.17) is 5.26 Å². The highest BCUT2D eigenvalue weighted by Gasteiger charge is 2.21. The van der Waals surface area contributed by atoms with Gasteiger partial charge in [-0.15, -0.1) is 0 Å². The second-order valence-electron chi connectivity index (χ2n) is 4.12. The van der Waals surface area contributed by atoms with Gasteiger partial charge in [-0.1, -0.05) is 18.2 Å². The number of hydrogen-bond donors (Lipinski definition) is 0. The zero-order chi connectivity index (χ0) is 10.7. The van der Waals surface area contributed by atoms with Crippen LogP contribution in [0.4, 0.5) is 5.69 Å². The lowest BCUT2D eigenvalue weighted by Crippen LogP contribution is -2.37. The largest absolute Gasteiger partial charge is 0.368 e. The molecule has 0 fully saturated rings.